The molecule has 0 saturated carbocycles. The van der Waals surface area contributed by atoms with Gasteiger partial charge in [0.05, 0.1) is 18.5 Å². The molecule has 22 heavy (non-hydrogen) atoms. The van der Waals surface area contributed by atoms with Crippen LogP contribution in [0.25, 0.3) is 11.3 Å². The van der Waals surface area contributed by atoms with Crippen molar-refractivity contribution < 1.29 is 4.74 Å². The maximum absolute atomic E-state index is 6.01. The summed E-state index contributed by atoms with van der Waals surface area (Å²) in [5.41, 5.74) is 10.5. The maximum Gasteiger partial charge on any atom is 0.168 e. The normalized spacial score (nSPS) is 14.2. The number of ether oxygens (including phenoxy) is 1. The lowest BCUT2D eigenvalue weighted by Gasteiger charge is -2.21. The molecule has 0 fully saturated rings. The molecule has 1 aromatic carbocycles. The third-order valence-electron chi connectivity index (χ3n) is 4.10. The highest BCUT2D eigenvalue weighted by molar-refractivity contribution is 7.99. The summed E-state index contributed by atoms with van der Waals surface area (Å²) >= 11 is 1.79. The number of rotatable bonds is 3. The molecule has 2 N–H and O–H groups in total. The van der Waals surface area contributed by atoms with Crippen LogP contribution in [-0.4, -0.2) is 22.4 Å². The van der Waals surface area contributed by atoms with Crippen LogP contribution < -0.4 is 10.5 Å². The van der Waals surface area contributed by atoms with E-state index >= 15 is 0 Å². The molecule has 0 bridgehead atoms. The zero-order chi connectivity index (χ0) is 15.9. The fourth-order valence-corrected chi connectivity index (χ4v) is 3.78. The summed E-state index contributed by atoms with van der Waals surface area (Å²) < 4.78 is 7.81. The Morgan fingerprint density at radius 1 is 1.36 bits per heavy atom. The van der Waals surface area contributed by atoms with Gasteiger partial charge < -0.3 is 15.0 Å². The van der Waals surface area contributed by atoms with E-state index in [1.54, 1.807) is 18.9 Å². The first kappa shape index (κ1) is 15.4. The van der Waals surface area contributed by atoms with Gasteiger partial charge in [-0.2, -0.15) is 0 Å². The molecule has 1 aliphatic rings. The largest absolute Gasteiger partial charge is 0.496 e. The topological polar surface area (TPSA) is 53.1 Å². The Morgan fingerprint density at radius 3 is 2.77 bits per heavy atom. The first-order valence-corrected chi connectivity index (χ1v) is 8.55. The fraction of sp³-hybridized carbons (Fsp3) is 0.471. The lowest BCUT2D eigenvalue weighted by molar-refractivity contribution is 0.415. The second-order valence-electron chi connectivity index (χ2n) is 6.56. The number of imidazole rings is 1. The number of nitrogens with zero attached hydrogens (tertiary/aromatic N) is 2. The van der Waals surface area contributed by atoms with Crippen molar-refractivity contribution in [3.05, 3.63) is 29.5 Å². The lowest BCUT2D eigenvalue weighted by atomic mass is 9.85. The van der Waals surface area contributed by atoms with Gasteiger partial charge in [0.1, 0.15) is 5.75 Å². The van der Waals surface area contributed by atoms with Crippen LogP contribution in [-0.2, 0) is 18.5 Å². The second kappa shape index (κ2) is 5.63. The predicted molar refractivity (Wildman–Crippen MR) is 91.5 cm³/mol. The summed E-state index contributed by atoms with van der Waals surface area (Å²) in [7, 11) is 1.70. The van der Waals surface area contributed by atoms with Crippen molar-refractivity contribution in [3.8, 4) is 17.0 Å². The average Bonchev–Trinajstić information content (AvgIpc) is 3.05. The van der Waals surface area contributed by atoms with Crippen molar-refractivity contribution >= 4 is 11.8 Å². The summed E-state index contributed by atoms with van der Waals surface area (Å²) in [6.45, 7) is 8.12. The van der Waals surface area contributed by atoms with Crippen LogP contribution in [0, 0.1) is 0 Å². The fourth-order valence-electron chi connectivity index (χ4n) is 2.81. The van der Waals surface area contributed by atoms with E-state index in [0.29, 0.717) is 6.54 Å². The molecule has 0 amide bonds. The molecule has 0 unspecified atom stereocenters. The van der Waals surface area contributed by atoms with Crippen molar-refractivity contribution in [1.29, 1.82) is 0 Å². The number of fused-ring (bicyclic) bond motifs is 1. The molecule has 0 aliphatic carbocycles. The van der Waals surface area contributed by atoms with E-state index in [1.807, 2.05) is 6.07 Å². The van der Waals surface area contributed by atoms with Gasteiger partial charge in [0, 0.05) is 24.4 Å². The second-order valence-corrected chi connectivity index (χ2v) is 7.62. The molecule has 5 heteroatoms. The SMILES string of the molecule is COc1ccc(C(C)(C)C)cc1-c1nc2n(c1CN)CCS2. The summed E-state index contributed by atoms with van der Waals surface area (Å²) in [6.07, 6.45) is 0. The van der Waals surface area contributed by atoms with Crippen LogP contribution in [0.15, 0.2) is 23.4 Å². The Hall–Kier alpha value is -1.46. The van der Waals surface area contributed by atoms with E-state index in [9.17, 15) is 0 Å². The molecular weight excluding hydrogens is 294 g/mol. The van der Waals surface area contributed by atoms with E-state index in [2.05, 4.69) is 37.5 Å². The summed E-state index contributed by atoms with van der Waals surface area (Å²) in [5, 5.41) is 1.07. The smallest absolute Gasteiger partial charge is 0.168 e. The number of aromatic nitrogens is 2. The summed E-state index contributed by atoms with van der Waals surface area (Å²) in [5.74, 6) is 1.93. The number of hydrogen-bond donors (Lipinski definition) is 1. The van der Waals surface area contributed by atoms with E-state index in [4.69, 9.17) is 15.5 Å². The number of thioether (sulfide) groups is 1. The molecule has 2 heterocycles. The number of methoxy groups -OCH3 is 1. The highest BCUT2D eigenvalue weighted by atomic mass is 32.2. The molecule has 1 aromatic heterocycles. The Labute approximate surface area is 136 Å². The lowest BCUT2D eigenvalue weighted by Crippen LogP contribution is -2.12. The van der Waals surface area contributed by atoms with Gasteiger partial charge in [0.15, 0.2) is 5.16 Å². The summed E-state index contributed by atoms with van der Waals surface area (Å²) in [6, 6.07) is 6.36. The van der Waals surface area contributed by atoms with E-state index in [0.717, 1.165) is 40.2 Å². The first-order valence-electron chi connectivity index (χ1n) is 7.57. The Kier molecular flexibility index (Phi) is 3.95. The van der Waals surface area contributed by atoms with E-state index in [-0.39, 0.29) is 5.41 Å². The standard InChI is InChI=1S/C17H23N3OS/c1-17(2,3)11-5-6-14(21-4)12(9-11)15-13(10-18)20-7-8-22-16(20)19-15/h5-6,9H,7-8,10,18H2,1-4H3. The quantitative estimate of drug-likeness (QED) is 0.942. The maximum atomic E-state index is 6.01. The molecule has 118 valence electrons. The van der Waals surface area contributed by atoms with Crippen LogP contribution in [0.4, 0.5) is 0 Å². The average molecular weight is 317 g/mol. The van der Waals surface area contributed by atoms with Gasteiger partial charge in [-0.3, -0.25) is 0 Å². The number of benzene rings is 1. The van der Waals surface area contributed by atoms with Gasteiger partial charge >= 0.3 is 0 Å². The third kappa shape index (κ3) is 2.52. The molecule has 0 radical (unpaired) electrons. The minimum Gasteiger partial charge on any atom is -0.496 e. The Morgan fingerprint density at radius 2 is 2.14 bits per heavy atom. The van der Waals surface area contributed by atoms with Gasteiger partial charge in [-0.05, 0) is 23.1 Å². The highest BCUT2D eigenvalue weighted by Crippen LogP contribution is 2.39. The Balaban J connectivity index is 2.19. The van der Waals surface area contributed by atoms with Crippen LogP contribution in [0.1, 0.15) is 32.0 Å². The molecular formula is C17H23N3OS. The summed E-state index contributed by atoms with van der Waals surface area (Å²) in [4.78, 5) is 4.83. The van der Waals surface area contributed by atoms with Gasteiger partial charge in [-0.1, -0.05) is 38.6 Å². The van der Waals surface area contributed by atoms with Gasteiger partial charge in [0.25, 0.3) is 0 Å². The van der Waals surface area contributed by atoms with Crippen molar-refractivity contribution in [2.45, 2.75) is 44.4 Å². The third-order valence-corrected chi connectivity index (χ3v) is 5.05. The Bertz CT molecular complexity index is 701. The molecule has 2 aromatic rings. The van der Waals surface area contributed by atoms with Crippen molar-refractivity contribution in [1.82, 2.24) is 9.55 Å². The van der Waals surface area contributed by atoms with Crippen molar-refractivity contribution in [2.24, 2.45) is 5.73 Å². The molecule has 0 atom stereocenters. The van der Waals surface area contributed by atoms with Crippen LogP contribution >= 0.6 is 11.8 Å². The molecule has 0 saturated heterocycles. The monoisotopic (exact) mass is 317 g/mol. The van der Waals surface area contributed by atoms with Crippen LogP contribution in [0.5, 0.6) is 5.75 Å². The number of hydrogen-bond acceptors (Lipinski definition) is 4. The molecule has 0 spiro atoms. The first-order chi connectivity index (χ1) is 10.5. The van der Waals surface area contributed by atoms with Crippen molar-refractivity contribution in [2.75, 3.05) is 12.9 Å². The molecule has 3 rings (SSSR count). The van der Waals surface area contributed by atoms with E-state index < -0.39 is 0 Å². The van der Waals surface area contributed by atoms with Gasteiger partial charge in [-0.15, -0.1) is 0 Å². The molecule has 4 nitrogen and oxygen atoms in total. The zero-order valence-electron chi connectivity index (χ0n) is 13.6. The van der Waals surface area contributed by atoms with Gasteiger partial charge in [-0.25, -0.2) is 4.98 Å². The van der Waals surface area contributed by atoms with Crippen LogP contribution in [0.3, 0.4) is 0 Å². The minimum absolute atomic E-state index is 0.0844. The van der Waals surface area contributed by atoms with Crippen LogP contribution in [0.2, 0.25) is 0 Å². The van der Waals surface area contributed by atoms with E-state index in [1.165, 1.54) is 5.56 Å². The molecule has 1 aliphatic heterocycles. The number of nitrogens with two attached hydrogens (primary N) is 1. The zero-order valence-corrected chi connectivity index (χ0v) is 14.5. The van der Waals surface area contributed by atoms with Gasteiger partial charge in [0.2, 0.25) is 0 Å². The predicted octanol–water partition coefficient (Wildman–Crippen LogP) is 3.42. The highest BCUT2D eigenvalue weighted by Gasteiger charge is 2.25. The minimum atomic E-state index is 0.0844. The van der Waals surface area contributed by atoms with Crippen molar-refractivity contribution in [3.63, 3.8) is 0 Å².